The Bertz CT molecular complexity index is 599. The van der Waals surface area contributed by atoms with Crippen LogP contribution in [0.5, 0.6) is 0 Å². The summed E-state index contributed by atoms with van der Waals surface area (Å²) in [5.41, 5.74) is 9.27. The maximum absolute atomic E-state index is 12.2. The fraction of sp³-hybridized carbons (Fsp3) is 0.250. The number of carbonyl (C=O) groups is 1. The minimum Gasteiger partial charge on any atom is -0.397 e. The topological polar surface area (TPSA) is 59.2 Å². The summed E-state index contributed by atoms with van der Waals surface area (Å²) < 4.78 is 0. The molecule has 2 N–H and O–H groups in total. The average Bonchev–Trinajstić information content (AvgIpc) is 2.44. The highest BCUT2D eigenvalue weighted by Gasteiger charge is 2.11. The number of aryl methyl sites for hydroxylation is 1. The van der Waals surface area contributed by atoms with E-state index in [2.05, 4.69) is 18.0 Å². The monoisotopic (exact) mass is 305 g/mol. The number of nitrogens with zero attached hydrogens (tertiary/aromatic N) is 2. The lowest BCUT2D eigenvalue weighted by Crippen LogP contribution is -2.28. The molecule has 0 radical (unpaired) electrons. The van der Waals surface area contributed by atoms with Crippen molar-refractivity contribution < 1.29 is 4.79 Å². The van der Waals surface area contributed by atoms with Crippen LogP contribution in [0, 0.1) is 6.92 Å². The van der Waals surface area contributed by atoms with Crippen LogP contribution < -0.4 is 5.73 Å². The number of amides is 1. The Balaban J connectivity index is 0.00000220. The van der Waals surface area contributed by atoms with Crippen molar-refractivity contribution in [2.75, 3.05) is 12.8 Å². The van der Waals surface area contributed by atoms with Crippen molar-refractivity contribution in [3.63, 3.8) is 0 Å². The molecule has 21 heavy (non-hydrogen) atoms. The lowest BCUT2D eigenvalue weighted by molar-refractivity contribution is -0.129. The molecular weight excluding hydrogens is 286 g/mol. The molecule has 0 aliphatic heterocycles. The summed E-state index contributed by atoms with van der Waals surface area (Å²) in [7, 11) is 1.81. The van der Waals surface area contributed by atoms with Crippen LogP contribution in [0.2, 0.25) is 0 Å². The normalized spacial score (nSPS) is 9.81. The van der Waals surface area contributed by atoms with Crippen molar-refractivity contribution in [2.45, 2.75) is 19.9 Å². The first-order chi connectivity index (χ1) is 9.56. The van der Waals surface area contributed by atoms with Crippen LogP contribution in [0.15, 0.2) is 42.6 Å². The zero-order chi connectivity index (χ0) is 14.5. The second-order valence-corrected chi connectivity index (χ2v) is 4.94. The molecule has 0 aliphatic rings. The van der Waals surface area contributed by atoms with Gasteiger partial charge in [-0.05, 0) is 30.2 Å². The second kappa shape index (κ2) is 7.64. The Labute approximate surface area is 131 Å². The fourth-order valence-electron chi connectivity index (χ4n) is 1.96. The van der Waals surface area contributed by atoms with E-state index in [9.17, 15) is 4.79 Å². The van der Waals surface area contributed by atoms with Gasteiger partial charge in [-0.2, -0.15) is 0 Å². The molecule has 0 saturated heterocycles. The predicted molar refractivity (Wildman–Crippen MR) is 87.3 cm³/mol. The summed E-state index contributed by atoms with van der Waals surface area (Å²) in [6.45, 7) is 2.66. The van der Waals surface area contributed by atoms with E-state index in [1.54, 1.807) is 23.2 Å². The van der Waals surface area contributed by atoms with Crippen molar-refractivity contribution in [1.82, 2.24) is 9.88 Å². The van der Waals surface area contributed by atoms with Crippen LogP contribution >= 0.6 is 12.4 Å². The third-order valence-corrected chi connectivity index (χ3v) is 3.27. The highest BCUT2D eigenvalue weighted by atomic mass is 35.5. The number of nitrogen functional groups attached to an aromatic ring is 1. The van der Waals surface area contributed by atoms with Crippen LogP contribution in [-0.2, 0) is 17.8 Å². The molecular formula is C16H20ClN3O. The molecule has 0 unspecified atom stereocenters. The van der Waals surface area contributed by atoms with Crippen LogP contribution in [0.1, 0.15) is 16.8 Å². The fourth-order valence-corrected chi connectivity index (χ4v) is 1.96. The summed E-state index contributed by atoms with van der Waals surface area (Å²) in [5, 5.41) is 0. The predicted octanol–water partition coefficient (Wildman–Crippen LogP) is 2.60. The van der Waals surface area contributed by atoms with Gasteiger partial charge in [0, 0.05) is 19.3 Å². The number of rotatable bonds is 4. The molecule has 4 nitrogen and oxygen atoms in total. The van der Waals surface area contributed by atoms with Gasteiger partial charge in [0.1, 0.15) is 0 Å². The van der Waals surface area contributed by atoms with E-state index in [0.717, 1.165) is 11.3 Å². The number of hydrogen-bond donors (Lipinski definition) is 1. The summed E-state index contributed by atoms with van der Waals surface area (Å²) in [5.74, 6) is 0.0468. The van der Waals surface area contributed by atoms with Gasteiger partial charge in [0.15, 0.2) is 0 Å². The Hall–Kier alpha value is -2.07. The number of aromatic nitrogens is 1. The van der Waals surface area contributed by atoms with Gasteiger partial charge >= 0.3 is 0 Å². The Morgan fingerprint density at radius 3 is 2.57 bits per heavy atom. The van der Waals surface area contributed by atoms with Crippen LogP contribution in [0.4, 0.5) is 5.69 Å². The van der Waals surface area contributed by atoms with Gasteiger partial charge in [-0.15, -0.1) is 12.4 Å². The zero-order valence-electron chi connectivity index (χ0n) is 12.2. The number of nitrogens with two attached hydrogens (primary N) is 1. The molecule has 1 heterocycles. The molecule has 0 saturated carbocycles. The SMILES string of the molecule is Cc1ccccc1CN(C)C(=O)Cc1ccc(N)cn1.Cl. The van der Waals surface area contributed by atoms with Crippen molar-refractivity contribution in [3.05, 3.63) is 59.4 Å². The van der Waals surface area contributed by atoms with E-state index < -0.39 is 0 Å². The van der Waals surface area contributed by atoms with Crippen LogP contribution in [-0.4, -0.2) is 22.8 Å². The first-order valence-electron chi connectivity index (χ1n) is 6.55. The minimum atomic E-state index is 0. The summed E-state index contributed by atoms with van der Waals surface area (Å²) in [4.78, 5) is 18.0. The van der Waals surface area contributed by atoms with E-state index in [1.165, 1.54) is 5.56 Å². The number of benzene rings is 1. The molecule has 1 amide bonds. The number of carbonyl (C=O) groups excluding carboxylic acids is 1. The first-order valence-corrected chi connectivity index (χ1v) is 6.55. The van der Waals surface area contributed by atoms with E-state index in [4.69, 9.17) is 5.73 Å². The lowest BCUT2D eigenvalue weighted by Gasteiger charge is -2.18. The van der Waals surface area contributed by atoms with Crippen LogP contribution in [0.3, 0.4) is 0 Å². The summed E-state index contributed by atoms with van der Waals surface area (Å²) in [6, 6.07) is 11.6. The number of hydrogen-bond acceptors (Lipinski definition) is 3. The molecule has 1 aromatic carbocycles. The van der Waals surface area contributed by atoms with Crippen molar-refractivity contribution in [3.8, 4) is 0 Å². The maximum atomic E-state index is 12.2. The Morgan fingerprint density at radius 2 is 1.95 bits per heavy atom. The van der Waals surface area contributed by atoms with Crippen molar-refractivity contribution >= 4 is 24.0 Å². The molecule has 0 atom stereocenters. The van der Waals surface area contributed by atoms with Gasteiger partial charge in [-0.3, -0.25) is 9.78 Å². The summed E-state index contributed by atoms with van der Waals surface area (Å²) >= 11 is 0. The minimum absolute atomic E-state index is 0. The highest BCUT2D eigenvalue weighted by molar-refractivity contribution is 5.85. The highest BCUT2D eigenvalue weighted by Crippen LogP contribution is 2.10. The molecule has 0 bridgehead atoms. The molecule has 112 valence electrons. The lowest BCUT2D eigenvalue weighted by atomic mass is 10.1. The number of halogens is 1. The van der Waals surface area contributed by atoms with Gasteiger partial charge < -0.3 is 10.6 Å². The summed E-state index contributed by atoms with van der Waals surface area (Å²) in [6.07, 6.45) is 1.87. The van der Waals surface area contributed by atoms with Crippen molar-refractivity contribution in [2.24, 2.45) is 0 Å². The van der Waals surface area contributed by atoms with E-state index in [-0.39, 0.29) is 18.3 Å². The quantitative estimate of drug-likeness (QED) is 0.944. The van der Waals surface area contributed by atoms with Gasteiger partial charge in [-0.25, -0.2) is 0 Å². The molecule has 0 spiro atoms. The molecule has 2 rings (SSSR count). The maximum Gasteiger partial charge on any atom is 0.228 e. The van der Waals surface area contributed by atoms with Gasteiger partial charge in [0.05, 0.1) is 18.3 Å². The number of pyridine rings is 1. The largest absolute Gasteiger partial charge is 0.397 e. The van der Waals surface area contributed by atoms with Crippen LogP contribution in [0.25, 0.3) is 0 Å². The molecule has 2 aromatic rings. The zero-order valence-corrected chi connectivity index (χ0v) is 13.1. The van der Waals surface area contributed by atoms with E-state index >= 15 is 0 Å². The molecule has 0 aliphatic carbocycles. The molecule has 5 heteroatoms. The Kier molecular flexibility index (Phi) is 6.18. The molecule has 1 aromatic heterocycles. The van der Waals surface area contributed by atoms with Gasteiger partial charge in [-0.1, -0.05) is 24.3 Å². The van der Waals surface area contributed by atoms with E-state index in [1.807, 2.05) is 25.2 Å². The number of anilines is 1. The van der Waals surface area contributed by atoms with E-state index in [0.29, 0.717) is 18.7 Å². The smallest absolute Gasteiger partial charge is 0.228 e. The van der Waals surface area contributed by atoms with Gasteiger partial charge in [0.25, 0.3) is 0 Å². The second-order valence-electron chi connectivity index (χ2n) is 4.94. The number of likely N-dealkylation sites (N-methyl/N-ethyl adjacent to an activating group) is 1. The third-order valence-electron chi connectivity index (χ3n) is 3.27. The molecule has 0 fully saturated rings. The first kappa shape index (κ1) is 17.0. The Morgan fingerprint density at radius 1 is 1.24 bits per heavy atom. The van der Waals surface area contributed by atoms with Gasteiger partial charge in [0.2, 0.25) is 5.91 Å². The third kappa shape index (κ3) is 4.76. The standard InChI is InChI=1S/C16H19N3O.ClH/c1-12-5-3-4-6-13(12)11-19(2)16(20)9-15-8-7-14(17)10-18-15;/h3-8,10H,9,11,17H2,1-2H3;1H. The van der Waals surface area contributed by atoms with Crippen molar-refractivity contribution in [1.29, 1.82) is 0 Å². The average molecular weight is 306 g/mol.